The van der Waals surface area contributed by atoms with Gasteiger partial charge in [0.15, 0.2) is 5.69 Å². The average molecular weight is 459 g/mol. The van der Waals surface area contributed by atoms with Crippen LogP contribution in [-0.2, 0) is 4.79 Å². The number of ether oxygens (including phenoxy) is 1. The van der Waals surface area contributed by atoms with E-state index in [9.17, 15) is 4.79 Å². The van der Waals surface area contributed by atoms with Crippen LogP contribution >= 0.6 is 35.0 Å². The minimum Gasteiger partial charge on any atom is -0.447 e. The molecule has 1 atom stereocenters. The highest BCUT2D eigenvalue weighted by Gasteiger charge is 2.35. The number of nitrogens with zero attached hydrogens (tertiary/aromatic N) is 4. The zero-order chi connectivity index (χ0) is 21.3. The van der Waals surface area contributed by atoms with Crippen LogP contribution in [0, 0.1) is 0 Å². The molecule has 2 aromatic carbocycles. The summed E-state index contributed by atoms with van der Waals surface area (Å²) >= 11 is 13.9. The minimum atomic E-state index is -0.858. The Morgan fingerprint density at radius 1 is 1.27 bits per heavy atom. The number of aromatic nitrogens is 3. The lowest BCUT2D eigenvalue weighted by molar-refractivity contribution is -0.118. The lowest BCUT2D eigenvalue weighted by atomic mass is 10.1. The fourth-order valence-electron chi connectivity index (χ4n) is 3.15. The van der Waals surface area contributed by atoms with Gasteiger partial charge < -0.3 is 4.74 Å². The van der Waals surface area contributed by atoms with E-state index in [-0.39, 0.29) is 11.8 Å². The Morgan fingerprint density at radius 2 is 2.07 bits per heavy atom. The summed E-state index contributed by atoms with van der Waals surface area (Å²) in [7, 11) is 0. The second-order valence-corrected chi connectivity index (χ2v) is 8.22. The maximum absolute atomic E-state index is 12.7. The molecule has 2 heterocycles. The van der Waals surface area contributed by atoms with Gasteiger partial charge in [-0.3, -0.25) is 9.69 Å². The topological polar surface area (TPSA) is 68.2 Å². The average Bonchev–Trinajstić information content (AvgIpc) is 2.86. The monoisotopic (exact) mass is 458 g/mol. The van der Waals surface area contributed by atoms with Gasteiger partial charge in [0.1, 0.15) is 0 Å². The summed E-state index contributed by atoms with van der Waals surface area (Å²) in [6.45, 7) is 5.18. The van der Waals surface area contributed by atoms with Crippen LogP contribution in [0.2, 0.25) is 10.0 Å². The Morgan fingerprint density at radius 3 is 2.80 bits per heavy atom. The molecule has 0 saturated carbocycles. The molecule has 9 heteroatoms. The van der Waals surface area contributed by atoms with Crippen LogP contribution in [0.4, 0.5) is 5.69 Å². The third-order valence-corrected chi connectivity index (χ3v) is 5.81. The second-order valence-electron chi connectivity index (χ2n) is 6.39. The van der Waals surface area contributed by atoms with E-state index < -0.39 is 6.23 Å². The van der Waals surface area contributed by atoms with Crippen LogP contribution in [0.15, 0.2) is 60.3 Å². The number of amides is 1. The van der Waals surface area contributed by atoms with Crippen LogP contribution in [0.5, 0.6) is 5.88 Å². The second kappa shape index (κ2) is 8.63. The van der Waals surface area contributed by atoms with Crippen molar-refractivity contribution in [1.29, 1.82) is 0 Å². The quantitative estimate of drug-likeness (QED) is 0.376. The standard InChI is InChI=1S/C21H16Cl2N4O2S/c1-3-10-30-21-24-19-18(25-26-21)15-6-4-5-7-17(15)27(12(2)28)20(29-19)14-9-8-13(22)11-16(14)23/h3-9,11,20H,1,10H2,2H3/t20-/m1/s1. The van der Waals surface area contributed by atoms with E-state index in [1.165, 1.54) is 23.6 Å². The van der Waals surface area contributed by atoms with Gasteiger partial charge in [0, 0.05) is 28.8 Å². The van der Waals surface area contributed by atoms with Crippen molar-refractivity contribution < 1.29 is 9.53 Å². The van der Waals surface area contributed by atoms with Crippen molar-refractivity contribution in [2.45, 2.75) is 18.3 Å². The number of rotatable bonds is 4. The van der Waals surface area contributed by atoms with Gasteiger partial charge in [-0.2, -0.15) is 4.98 Å². The first-order valence-electron chi connectivity index (χ1n) is 8.99. The Labute approximate surface area is 187 Å². The molecule has 30 heavy (non-hydrogen) atoms. The maximum atomic E-state index is 12.7. The van der Waals surface area contributed by atoms with Crippen LogP contribution in [0.25, 0.3) is 11.3 Å². The number of para-hydroxylation sites is 1. The summed E-state index contributed by atoms with van der Waals surface area (Å²) in [5.74, 6) is 0.674. The third kappa shape index (κ3) is 3.88. The molecule has 3 aromatic rings. The number of anilines is 1. The molecular weight excluding hydrogens is 443 g/mol. The van der Waals surface area contributed by atoms with Crippen LogP contribution in [0.3, 0.4) is 0 Å². The first-order valence-corrected chi connectivity index (χ1v) is 10.7. The molecule has 0 radical (unpaired) electrons. The number of hydrogen-bond acceptors (Lipinski definition) is 6. The maximum Gasteiger partial charge on any atom is 0.247 e. The van der Waals surface area contributed by atoms with Crippen molar-refractivity contribution in [3.05, 3.63) is 70.7 Å². The zero-order valence-corrected chi connectivity index (χ0v) is 18.2. The SMILES string of the molecule is C=CCSc1nnc2c(n1)O[C@H](c1ccc(Cl)cc1Cl)N(C(C)=O)c1ccccc1-2. The molecule has 1 aromatic heterocycles. The zero-order valence-electron chi connectivity index (χ0n) is 15.9. The fourth-order valence-corrected chi connectivity index (χ4v) is 4.17. The lowest BCUT2D eigenvalue weighted by Gasteiger charge is -2.30. The van der Waals surface area contributed by atoms with Crippen molar-refractivity contribution in [2.24, 2.45) is 0 Å². The third-order valence-electron chi connectivity index (χ3n) is 4.41. The Balaban J connectivity index is 1.93. The molecule has 1 amide bonds. The van der Waals surface area contributed by atoms with Gasteiger partial charge in [-0.1, -0.05) is 65.3 Å². The van der Waals surface area contributed by atoms with Crippen molar-refractivity contribution in [3.63, 3.8) is 0 Å². The van der Waals surface area contributed by atoms with Crippen LogP contribution in [-0.4, -0.2) is 26.8 Å². The van der Waals surface area contributed by atoms with Crippen molar-refractivity contribution in [2.75, 3.05) is 10.7 Å². The molecule has 0 aliphatic carbocycles. The van der Waals surface area contributed by atoms with E-state index in [4.69, 9.17) is 27.9 Å². The van der Waals surface area contributed by atoms with Gasteiger partial charge in [0.2, 0.25) is 23.2 Å². The summed E-state index contributed by atoms with van der Waals surface area (Å²) in [6.07, 6.45) is 0.896. The van der Waals surface area contributed by atoms with E-state index in [0.29, 0.717) is 43.5 Å². The molecule has 0 unspecified atom stereocenters. The van der Waals surface area contributed by atoms with Gasteiger partial charge in [-0.15, -0.1) is 16.8 Å². The number of hydrogen-bond donors (Lipinski definition) is 0. The highest BCUT2D eigenvalue weighted by atomic mass is 35.5. The number of carbonyl (C=O) groups excluding carboxylic acids is 1. The molecule has 152 valence electrons. The van der Waals surface area contributed by atoms with Gasteiger partial charge in [0.25, 0.3) is 0 Å². The van der Waals surface area contributed by atoms with E-state index in [1.54, 1.807) is 24.3 Å². The normalized spacial score (nSPS) is 14.9. The van der Waals surface area contributed by atoms with Gasteiger partial charge in [0.05, 0.1) is 10.7 Å². The van der Waals surface area contributed by atoms with Crippen molar-refractivity contribution in [1.82, 2.24) is 15.2 Å². The Bertz CT molecular complexity index is 1140. The van der Waals surface area contributed by atoms with E-state index >= 15 is 0 Å². The van der Waals surface area contributed by atoms with Crippen LogP contribution < -0.4 is 9.64 Å². The Hall–Kier alpha value is -2.61. The Kier molecular flexibility index (Phi) is 5.94. The summed E-state index contributed by atoms with van der Waals surface area (Å²) < 4.78 is 6.27. The molecule has 0 spiro atoms. The molecular formula is C21H16Cl2N4O2S. The minimum absolute atomic E-state index is 0.222. The molecule has 0 saturated heterocycles. The first kappa shape index (κ1) is 20.7. The van der Waals surface area contributed by atoms with Gasteiger partial charge in [-0.25, -0.2) is 0 Å². The van der Waals surface area contributed by atoms with E-state index in [1.807, 2.05) is 24.3 Å². The largest absolute Gasteiger partial charge is 0.447 e. The summed E-state index contributed by atoms with van der Waals surface area (Å²) in [6, 6.07) is 12.4. The molecule has 4 rings (SSSR count). The first-order chi connectivity index (χ1) is 14.5. The number of halogens is 2. The van der Waals surface area contributed by atoms with Crippen molar-refractivity contribution in [3.8, 4) is 17.1 Å². The summed E-state index contributed by atoms with van der Waals surface area (Å²) in [4.78, 5) is 18.8. The highest BCUT2D eigenvalue weighted by molar-refractivity contribution is 7.99. The summed E-state index contributed by atoms with van der Waals surface area (Å²) in [5.41, 5.74) is 2.35. The number of fused-ring (bicyclic) bond motifs is 3. The van der Waals surface area contributed by atoms with Crippen LogP contribution in [0.1, 0.15) is 18.7 Å². The highest BCUT2D eigenvalue weighted by Crippen LogP contribution is 2.44. The molecule has 0 bridgehead atoms. The predicted octanol–water partition coefficient (Wildman–Crippen LogP) is 5.57. The number of carbonyl (C=O) groups is 1. The van der Waals surface area contributed by atoms with E-state index in [0.717, 1.165) is 0 Å². The summed E-state index contributed by atoms with van der Waals surface area (Å²) in [5, 5.41) is 9.85. The smallest absolute Gasteiger partial charge is 0.247 e. The lowest BCUT2D eigenvalue weighted by Crippen LogP contribution is -2.36. The molecule has 1 aliphatic rings. The van der Waals surface area contributed by atoms with E-state index in [2.05, 4.69) is 21.8 Å². The molecule has 6 nitrogen and oxygen atoms in total. The molecule has 0 N–H and O–H groups in total. The molecule has 1 aliphatic heterocycles. The fraction of sp³-hybridized carbons (Fsp3) is 0.143. The molecule has 0 fully saturated rings. The number of benzene rings is 2. The predicted molar refractivity (Wildman–Crippen MR) is 119 cm³/mol. The van der Waals surface area contributed by atoms with Crippen molar-refractivity contribution >= 4 is 46.6 Å². The van der Waals surface area contributed by atoms with Gasteiger partial charge in [-0.05, 0) is 18.2 Å². The number of thioether (sulfide) groups is 1. The van der Waals surface area contributed by atoms with Gasteiger partial charge >= 0.3 is 0 Å².